The third-order valence-corrected chi connectivity index (χ3v) is 6.09. The lowest BCUT2D eigenvalue weighted by Gasteiger charge is -2.25. The van der Waals surface area contributed by atoms with Crippen LogP contribution in [-0.4, -0.2) is 86.5 Å². The monoisotopic (exact) mass is 587 g/mol. The van der Waals surface area contributed by atoms with Crippen molar-refractivity contribution in [2.24, 2.45) is 22.2 Å². The Bertz CT molecular complexity index is 1220. The van der Waals surface area contributed by atoms with Crippen molar-refractivity contribution in [3.05, 3.63) is 54.1 Å². The zero-order valence-corrected chi connectivity index (χ0v) is 22.9. The van der Waals surface area contributed by atoms with Crippen LogP contribution in [0.4, 0.5) is 0 Å². The van der Waals surface area contributed by atoms with Crippen LogP contribution >= 0.6 is 0 Å². The molecule has 0 spiro atoms. The highest BCUT2D eigenvalue weighted by molar-refractivity contribution is 5.94. The van der Waals surface area contributed by atoms with Crippen molar-refractivity contribution in [3.63, 3.8) is 0 Å². The summed E-state index contributed by atoms with van der Waals surface area (Å²) < 4.78 is 0. The molecule has 0 aliphatic carbocycles. The summed E-state index contributed by atoms with van der Waals surface area (Å²) in [4.78, 5) is 72.9. The number of nitrogens with two attached hydrogens (primary N) is 3. The fraction of sp³-hybridized carbons (Fsp3) is 0.423. The van der Waals surface area contributed by atoms with Gasteiger partial charge < -0.3 is 48.3 Å². The van der Waals surface area contributed by atoms with E-state index in [0.717, 1.165) is 0 Å². The topological polar surface area (TPSA) is 281 Å². The maximum Gasteiger partial charge on any atom is 0.326 e. The Balaban J connectivity index is 2.17. The molecule has 16 nitrogen and oxygen atoms in total. The fourth-order valence-electron chi connectivity index (χ4n) is 3.89. The van der Waals surface area contributed by atoms with Gasteiger partial charge >= 0.3 is 11.9 Å². The first kappa shape index (κ1) is 33.2. The molecule has 0 radical (unpaired) electrons. The number of aliphatic imine (C=N–C) groups is 1. The van der Waals surface area contributed by atoms with Gasteiger partial charge in [0.05, 0.1) is 12.4 Å². The number of amides is 3. The Morgan fingerprint density at radius 2 is 1.52 bits per heavy atom. The molecule has 12 N–H and O–H groups in total. The van der Waals surface area contributed by atoms with Crippen molar-refractivity contribution >= 4 is 35.6 Å². The molecule has 0 aliphatic heterocycles. The van der Waals surface area contributed by atoms with Crippen molar-refractivity contribution < 1.29 is 34.2 Å². The Kier molecular flexibility index (Phi) is 13.4. The van der Waals surface area contributed by atoms with Crippen molar-refractivity contribution in [3.8, 4) is 0 Å². The number of rotatable bonds is 18. The molecule has 3 amide bonds. The van der Waals surface area contributed by atoms with Gasteiger partial charge in [-0.05, 0) is 24.8 Å². The predicted octanol–water partition coefficient (Wildman–Crippen LogP) is -2.02. The molecule has 1 heterocycles. The number of nitrogens with zero attached hydrogens (tertiary/aromatic N) is 2. The molecule has 228 valence electrons. The van der Waals surface area contributed by atoms with Gasteiger partial charge in [0, 0.05) is 37.7 Å². The molecule has 0 bridgehead atoms. The number of aliphatic carboxylic acids is 2. The van der Waals surface area contributed by atoms with Crippen molar-refractivity contribution in [2.45, 2.75) is 62.7 Å². The molecule has 1 aromatic heterocycles. The van der Waals surface area contributed by atoms with E-state index in [9.17, 15) is 29.1 Å². The van der Waals surface area contributed by atoms with Crippen LogP contribution in [0.5, 0.6) is 0 Å². The molecule has 2 aromatic rings. The summed E-state index contributed by atoms with van der Waals surface area (Å²) in [7, 11) is 0. The van der Waals surface area contributed by atoms with Crippen molar-refractivity contribution in [1.29, 1.82) is 0 Å². The van der Waals surface area contributed by atoms with Gasteiger partial charge in [-0.2, -0.15) is 0 Å². The normalized spacial score (nSPS) is 13.5. The van der Waals surface area contributed by atoms with E-state index in [1.54, 1.807) is 30.3 Å². The number of nitrogens with one attached hydrogen (secondary N) is 4. The van der Waals surface area contributed by atoms with Gasteiger partial charge in [-0.15, -0.1) is 0 Å². The number of carbonyl (C=O) groups excluding carboxylic acids is 3. The number of imidazole rings is 1. The van der Waals surface area contributed by atoms with Crippen LogP contribution in [0.25, 0.3) is 0 Å². The molecular formula is C26H37N9O7. The second-order valence-corrected chi connectivity index (χ2v) is 9.48. The fourth-order valence-corrected chi connectivity index (χ4v) is 3.89. The van der Waals surface area contributed by atoms with Gasteiger partial charge in [0.2, 0.25) is 17.7 Å². The predicted molar refractivity (Wildman–Crippen MR) is 151 cm³/mol. The molecule has 0 aliphatic rings. The van der Waals surface area contributed by atoms with Gasteiger partial charge in [0.15, 0.2) is 5.96 Å². The van der Waals surface area contributed by atoms with E-state index >= 15 is 0 Å². The molecule has 0 fully saturated rings. The molecule has 0 saturated heterocycles. The maximum absolute atomic E-state index is 13.3. The lowest BCUT2D eigenvalue weighted by molar-refractivity contribution is -0.142. The Labute approximate surface area is 241 Å². The summed E-state index contributed by atoms with van der Waals surface area (Å²) >= 11 is 0. The minimum Gasteiger partial charge on any atom is -0.481 e. The van der Waals surface area contributed by atoms with Crippen LogP contribution in [0.1, 0.15) is 36.9 Å². The highest BCUT2D eigenvalue weighted by Crippen LogP contribution is 2.07. The van der Waals surface area contributed by atoms with E-state index in [0.29, 0.717) is 17.7 Å². The van der Waals surface area contributed by atoms with Gasteiger partial charge in [0.1, 0.15) is 18.1 Å². The van der Waals surface area contributed by atoms with E-state index in [2.05, 4.69) is 30.9 Å². The first-order valence-electron chi connectivity index (χ1n) is 13.1. The van der Waals surface area contributed by atoms with Crippen LogP contribution < -0.4 is 33.2 Å². The Hall–Kier alpha value is -4.99. The number of hydrogen-bond donors (Lipinski definition) is 9. The largest absolute Gasteiger partial charge is 0.481 e. The molecule has 16 heteroatoms. The molecular weight excluding hydrogens is 550 g/mol. The van der Waals surface area contributed by atoms with Gasteiger partial charge in [0.25, 0.3) is 0 Å². The molecule has 2 rings (SSSR count). The van der Waals surface area contributed by atoms with Gasteiger partial charge in [-0.3, -0.25) is 24.2 Å². The average molecular weight is 588 g/mol. The first-order valence-corrected chi connectivity index (χ1v) is 13.1. The number of carbonyl (C=O) groups is 5. The third kappa shape index (κ3) is 12.0. The number of H-pyrrole nitrogens is 1. The van der Waals surface area contributed by atoms with Crippen LogP contribution in [0.2, 0.25) is 0 Å². The average Bonchev–Trinajstić information content (AvgIpc) is 3.45. The Morgan fingerprint density at radius 3 is 2.12 bits per heavy atom. The minimum atomic E-state index is -1.35. The second kappa shape index (κ2) is 17.0. The zero-order chi connectivity index (χ0) is 31.1. The SMILES string of the molecule is NC(N)=NCCCC(N)C(=O)NC(CCC(=O)O)C(=O)NC(Cc1cnc[nH]1)C(=O)NC(Cc1ccccc1)C(=O)O. The zero-order valence-electron chi connectivity index (χ0n) is 22.9. The third-order valence-electron chi connectivity index (χ3n) is 6.09. The maximum atomic E-state index is 13.3. The number of benzene rings is 1. The molecule has 42 heavy (non-hydrogen) atoms. The van der Waals surface area contributed by atoms with Gasteiger partial charge in [-0.1, -0.05) is 30.3 Å². The molecule has 1 aromatic carbocycles. The van der Waals surface area contributed by atoms with E-state index in [1.165, 1.54) is 12.5 Å². The van der Waals surface area contributed by atoms with E-state index in [-0.39, 0.29) is 38.2 Å². The highest BCUT2D eigenvalue weighted by atomic mass is 16.4. The van der Waals surface area contributed by atoms with E-state index < -0.39 is 60.2 Å². The number of aromatic nitrogens is 2. The number of carboxylic acid groups (broad SMARTS) is 2. The summed E-state index contributed by atoms with van der Waals surface area (Å²) in [6, 6.07) is 3.67. The highest BCUT2D eigenvalue weighted by Gasteiger charge is 2.31. The number of guanidine groups is 1. The van der Waals surface area contributed by atoms with E-state index in [1.807, 2.05) is 0 Å². The van der Waals surface area contributed by atoms with Crippen molar-refractivity contribution in [1.82, 2.24) is 25.9 Å². The first-order chi connectivity index (χ1) is 20.0. The standard InChI is InChI=1S/C26H37N9O7/c27-17(7-4-10-31-26(28)29)22(38)33-18(8-9-21(36)37)23(39)34-19(12-16-13-30-14-32-16)24(40)35-20(25(41)42)11-15-5-2-1-3-6-15/h1-3,5-6,13-14,17-20H,4,7-12,27H2,(H,30,32)(H,33,38)(H,34,39)(H,35,40)(H,36,37)(H,41,42)(H4,28,29,31). The Morgan fingerprint density at radius 1 is 0.881 bits per heavy atom. The number of aromatic amines is 1. The smallest absolute Gasteiger partial charge is 0.326 e. The number of carboxylic acids is 2. The summed E-state index contributed by atoms with van der Waals surface area (Å²) in [5.74, 6) is -4.97. The van der Waals surface area contributed by atoms with E-state index in [4.69, 9.17) is 22.3 Å². The minimum absolute atomic E-state index is 0.00892. The van der Waals surface area contributed by atoms with Crippen molar-refractivity contribution in [2.75, 3.05) is 6.54 Å². The molecule has 4 atom stereocenters. The lowest BCUT2D eigenvalue weighted by atomic mass is 10.0. The molecule has 0 saturated carbocycles. The summed E-state index contributed by atoms with van der Waals surface area (Å²) in [5.41, 5.74) is 17.6. The van der Waals surface area contributed by atoms with Crippen LogP contribution in [0, 0.1) is 0 Å². The van der Waals surface area contributed by atoms with Crippen LogP contribution in [0.15, 0.2) is 47.8 Å². The van der Waals surface area contributed by atoms with Crippen LogP contribution in [-0.2, 0) is 36.8 Å². The summed E-state index contributed by atoms with van der Waals surface area (Å²) in [5, 5.41) is 26.3. The van der Waals surface area contributed by atoms with Gasteiger partial charge in [-0.25, -0.2) is 9.78 Å². The quantitative estimate of drug-likeness (QED) is 0.0521. The molecule has 4 unspecified atom stereocenters. The summed E-state index contributed by atoms with van der Waals surface area (Å²) in [6.07, 6.45) is 2.48. The number of hydrogen-bond acceptors (Lipinski definition) is 8. The van der Waals surface area contributed by atoms with Crippen LogP contribution in [0.3, 0.4) is 0 Å². The second-order valence-electron chi connectivity index (χ2n) is 9.48. The summed E-state index contributed by atoms with van der Waals surface area (Å²) in [6.45, 7) is 0.234. The lowest BCUT2D eigenvalue weighted by Crippen LogP contribution is -2.58.